The molecule has 0 aromatic rings. The lowest BCUT2D eigenvalue weighted by Gasteiger charge is -2.41. The molecule has 1 aliphatic rings. The van der Waals surface area contributed by atoms with Crippen molar-refractivity contribution in [3.63, 3.8) is 0 Å². The van der Waals surface area contributed by atoms with Gasteiger partial charge in [-0.1, -0.05) is 39.3 Å². The van der Waals surface area contributed by atoms with Gasteiger partial charge in [0.15, 0.2) is 0 Å². The molecule has 0 radical (unpaired) electrons. The van der Waals surface area contributed by atoms with Crippen molar-refractivity contribution in [1.82, 2.24) is 0 Å². The van der Waals surface area contributed by atoms with Gasteiger partial charge in [0.25, 0.3) is 0 Å². The van der Waals surface area contributed by atoms with Crippen LogP contribution >= 0.6 is 0 Å². The number of hydrogen-bond acceptors (Lipinski definition) is 0. The van der Waals surface area contributed by atoms with E-state index in [-0.39, 0.29) is 0 Å². The van der Waals surface area contributed by atoms with Crippen molar-refractivity contribution >= 4 is 0 Å². The molecule has 0 bridgehead atoms. The van der Waals surface area contributed by atoms with Gasteiger partial charge < -0.3 is 0 Å². The first-order valence-corrected chi connectivity index (χ1v) is 5.14. The highest BCUT2D eigenvalue weighted by Crippen LogP contribution is 2.44. The van der Waals surface area contributed by atoms with Crippen LogP contribution in [0.15, 0.2) is 11.6 Å². The Kier molecular flexibility index (Phi) is 2.65. The predicted molar refractivity (Wildman–Crippen MR) is 55.1 cm³/mol. The SMILES string of the molecule is CC1=CC(C)C(C)(C(C)C)CC1. The van der Waals surface area contributed by atoms with E-state index in [0.29, 0.717) is 5.41 Å². The second-order valence-electron chi connectivity index (χ2n) is 4.96. The third-order valence-electron chi connectivity index (χ3n) is 3.95. The van der Waals surface area contributed by atoms with Gasteiger partial charge in [0.05, 0.1) is 0 Å². The molecule has 0 saturated heterocycles. The summed E-state index contributed by atoms with van der Waals surface area (Å²) < 4.78 is 0. The first-order valence-electron chi connectivity index (χ1n) is 5.14. The molecule has 1 rings (SSSR count). The third-order valence-corrected chi connectivity index (χ3v) is 3.95. The van der Waals surface area contributed by atoms with Gasteiger partial charge in [0, 0.05) is 0 Å². The molecule has 2 atom stereocenters. The van der Waals surface area contributed by atoms with Crippen LogP contribution in [0.25, 0.3) is 0 Å². The molecule has 0 heteroatoms. The summed E-state index contributed by atoms with van der Waals surface area (Å²) in [6.07, 6.45) is 5.14. The van der Waals surface area contributed by atoms with Crippen LogP contribution in [0.5, 0.6) is 0 Å². The number of hydrogen-bond donors (Lipinski definition) is 0. The van der Waals surface area contributed by atoms with E-state index in [1.54, 1.807) is 5.57 Å². The quantitative estimate of drug-likeness (QED) is 0.516. The Morgan fingerprint density at radius 1 is 1.50 bits per heavy atom. The normalized spacial score (nSPS) is 36.8. The van der Waals surface area contributed by atoms with E-state index < -0.39 is 0 Å². The Bertz CT molecular complexity index is 188. The lowest BCUT2D eigenvalue weighted by Crippen LogP contribution is -2.32. The Hall–Kier alpha value is -0.260. The molecule has 0 heterocycles. The van der Waals surface area contributed by atoms with Crippen LogP contribution in [0.4, 0.5) is 0 Å². The molecular formula is C12H22. The predicted octanol–water partition coefficient (Wildman–Crippen LogP) is 4.02. The zero-order valence-electron chi connectivity index (χ0n) is 9.15. The van der Waals surface area contributed by atoms with E-state index in [9.17, 15) is 0 Å². The van der Waals surface area contributed by atoms with E-state index >= 15 is 0 Å². The summed E-state index contributed by atoms with van der Waals surface area (Å²) in [6, 6.07) is 0. The van der Waals surface area contributed by atoms with Crippen LogP contribution in [0, 0.1) is 17.3 Å². The van der Waals surface area contributed by atoms with Crippen LogP contribution in [0.2, 0.25) is 0 Å². The fourth-order valence-electron chi connectivity index (χ4n) is 2.21. The molecule has 0 nitrogen and oxygen atoms in total. The molecule has 0 aromatic carbocycles. The number of rotatable bonds is 1. The lowest BCUT2D eigenvalue weighted by molar-refractivity contribution is 0.132. The largest absolute Gasteiger partial charge is 0.0822 e. The van der Waals surface area contributed by atoms with Crippen molar-refractivity contribution in [2.45, 2.75) is 47.5 Å². The molecule has 0 fully saturated rings. The Balaban J connectivity index is 2.82. The molecule has 0 amide bonds. The second kappa shape index (κ2) is 3.24. The maximum absolute atomic E-state index is 2.46. The van der Waals surface area contributed by atoms with Crippen molar-refractivity contribution in [3.8, 4) is 0 Å². The highest BCUT2D eigenvalue weighted by Gasteiger charge is 2.34. The van der Waals surface area contributed by atoms with E-state index in [2.05, 4.69) is 40.7 Å². The van der Waals surface area contributed by atoms with Crippen LogP contribution in [0.1, 0.15) is 47.5 Å². The molecule has 2 unspecified atom stereocenters. The van der Waals surface area contributed by atoms with E-state index in [1.807, 2.05) is 0 Å². The average Bonchev–Trinajstić information content (AvgIpc) is 1.97. The van der Waals surface area contributed by atoms with Gasteiger partial charge in [0.2, 0.25) is 0 Å². The van der Waals surface area contributed by atoms with Crippen LogP contribution in [-0.4, -0.2) is 0 Å². The minimum Gasteiger partial charge on any atom is -0.0822 e. The molecule has 12 heavy (non-hydrogen) atoms. The Labute approximate surface area is 77.1 Å². The van der Waals surface area contributed by atoms with Crippen molar-refractivity contribution in [2.24, 2.45) is 17.3 Å². The molecule has 70 valence electrons. The minimum atomic E-state index is 0.541. The monoisotopic (exact) mass is 166 g/mol. The van der Waals surface area contributed by atoms with Gasteiger partial charge in [-0.25, -0.2) is 0 Å². The van der Waals surface area contributed by atoms with Crippen molar-refractivity contribution < 1.29 is 0 Å². The van der Waals surface area contributed by atoms with Crippen LogP contribution in [0.3, 0.4) is 0 Å². The summed E-state index contributed by atoms with van der Waals surface area (Å²) in [7, 11) is 0. The fourth-order valence-corrected chi connectivity index (χ4v) is 2.21. The summed E-state index contributed by atoms with van der Waals surface area (Å²) in [4.78, 5) is 0. The lowest BCUT2D eigenvalue weighted by atomic mass is 9.64. The molecule has 0 N–H and O–H groups in total. The molecule has 0 aromatic heterocycles. The summed E-state index contributed by atoms with van der Waals surface area (Å²) >= 11 is 0. The molecule has 0 aliphatic heterocycles. The second-order valence-corrected chi connectivity index (χ2v) is 4.96. The van der Waals surface area contributed by atoms with Crippen molar-refractivity contribution in [2.75, 3.05) is 0 Å². The van der Waals surface area contributed by atoms with Gasteiger partial charge in [-0.2, -0.15) is 0 Å². The number of allylic oxidation sites excluding steroid dienone is 2. The Morgan fingerprint density at radius 3 is 2.50 bits per heavy atom. The summed E-state index contributed by atoms with van der Waals surface area (Å²) in [5.41, 5.74) is 2.13. The topological polar surface area (TPSA) is 0 Å². The van der Waals surface area contributed by atoms with E-state index in [0.717, 1.165) is 11.8 Å². The standard InChI is InChI=1S/C12H22/c1-9(2)12(5)7-6-10(3)8-11(12)4/h8-9,11H,6-7H2,1-5H3. The summed E-state index contributed by atoms with van der Waals surface area (Å²) in [6.45, 7) is 11.8. The Morgan fingerprint density at radius 2 is 2.08 bits per heavy atom. The third kappa shape index (κ3) is 1.57. The van der Waals surface area contributed by atoms with E-state index in [1.165, 1.54) is 12.8 Å². The van der Waals surface area contributed by atoms with Gasteiger partial charge in [-0.15, -0.1) is 0 Å². The zero-order valence-corrected chi connectivity index (χ0v) is 9.15. The van der Waals surface area contributed by atoms with Gasteiger partial charge >= 0.3 is 0 Å². The van der Waals surface area contributed by atoms with Crippen molar-refractivity contribution in [3.05, 3.63) is 11.6 Å². The molecular weight excluding hydrogens is 144 g/mol. The molecule has 0 spiro atoms. The molecule has 1 aliphatic carbocycles. The molecule has 0 saturated carbocycles. The first kappa shape index (κ1) is 9.83. The zero-order chi connectivity index (χ0) is 9.35. The van der Waals surface area contributed by atoms with Crippen LogP contribution in [-0.2, 0) is 0 Å². The minimum absolute atomic E-state index is 0.541. The maximum atomic E-state index is 2.46. The van der Waals surface area contributed by atoms with Crippen molar-refractivity contribution in [1.29, 1.82) is 0 Å². The highest BCUT2D eigenvalue weighted by molar-refractivity contribution is 5.10. The van der Waals surface area contributed by atoms with Crippen LogP contribution < -0.4 is 0 Å². The van der Waals surface area contributed by atoms with E-state index in [4.69, 9.17) is 0 Å². The van der Waals surface area contributed by atoms with Gasteiger partial charge in [0.1, 0.15) is 0 Å². The smallest absolute Gasteiger partial charge is 0.0203 e. The van der Waals surface area contributed by atoms with Gasteiger partial charge in [-0.3, -0.25) is 0 Å². The summed E-state index contributed by atoms with van der Waals surface area (Å²) in [5.74, 6) is 1.56. The summed E-state index contributed by atoms with van der Waals surface area (Å²) in [5, 5.41) is 0. The fraction of sp³-hybridized carbons (Fsp3) is 0.833. The average molecular weight is 166 g/mol. The first-order chi connectivity index (χ1) is 5.47. The maximum Gasteiger partial charge on any atom is -0.0203 e. The van der Waals surface area contributed by atoms with Gasteiger partial charge in [-0.05, 0) is 37.0 Å². The highest BCUT2D eigenvalue weighted by atomic mass is 14.4.